The van der Waals surface area contributed by atoms with Crippen molar-refractivity contribution in [3.63, 3.8) is 0 Å². The van der Waals surface area contributed by atoms with Gasteiger partial charge in [-0.15, -0.1) is 10.2 Å². The number of halogens is 3. The highest BCUT2D eigenvalue weighted by Crippen LogP contribution is 2.31. The maximum Gasteiger partial charge on any atom is 0.406 e. The number of nitrogens with one attached hydrogen (secondary N) is 1. The van der Waals surface area contributed by atoms with Crippen LogP contribution in [0.3, 0.4) is 0 Å². The Hall–Kier alpha value is -1.86. The molecule has 1 aromatic heterocycles. The topological polar surface area (TPSA) is 58.1 Å². The maximum atomic E-state index is 12.4. The number of anilines is 1. The third-order valence-corrected chi connectivity index (χ3v) is 2.74. The van der Waals surface area contributed by atoms with Gasteiger partial charge in [-0.1, -0.05) is 0 Å². The van der Waals surface area contributed by atoms with Crippen LogP contribution in [0.2, 0.25) is 0 Å². The number of aromatic nitrogens is 2. The van der Waals surface area contributed by atoms with Crippen LogP contribution in [0, 0.1) is 0 Å². The number of alkyl halides is 3. The molecular weight excluding hydrogens is 261 g/mol. The molecule has 0 radical (unpaired) electrons. The minimum Gasteiger partial charge on any atom is -0.372 e. The summed E-state index contributed by atoms with van der Waals surface area (Å²) < 4.78 is 37.3. The molecule has 0 aliphatic heterocycles. The third-order valence-electron chi connectivity index (χ3n) is 2.74. The van der Waals surface area contributed by atoms with Crippen molar-refractivity contribution in [2.45, 2.75) is 25.1 Å². The summed E-state index contributed by atoms with van der Waals surface area (Å²) in [7, 11) is 1.63. The molecule has 0 aromatic carbocycles. The van der Waals surface area contributed by atoms with Crippen LogP contribution in [-0.2, 0) is 0 Å². The number of hydrogen-bond donors (Lipinski definition) is 1. The van der Waals surface area contributed by atoms with Crippen molar-refractivity contribution in [1.82, 2.24) is 15.1 Å². The molecule has 1 aromatic rings. The van der Waals surface area contributed by atoms with Gasteiger partial charge in [0.1, 0.15) is 12.4 Å². The van der Waals surface area contributed by atoms with Crippen molar-refractivity contribution in [2.75, 3.05) is 18.9 Å². The second-order valence-electron chi connectivity index (χ2n) is 4.33. The lowest BCUT2D eigenvalue weighted by Crippen LogP contribution is -2.40. The van der Waals surface area contributed by atoms with Crippen LogP contribution in [0.25, 0.3) is 0 Å². The first-order valence-corrected chi connectivity index (χ1v) is 5.80. The highest BCUT2D eigenvalue weighted by Gasteiger charge is 2.41. The third kappa shape index (κ3) is 3.55. The molecule has 1 aliphatic rings. The van der Waals surface area contributed by atoms with Gasteiger partial charge >= 0.3 is 6.18 Å². The van der Waals surface area contributed by atoms with E-state index < -0.39 is 18.6 Å². The largest absolute Gasteiger partial charge is 0.406 e. The van der Waals surface area contributed by atoms with Gasteiger partial charge in [0, 0.05) is 13.1 Å². The molecule has 2 rings (SSSR count). The van der Waals surface area contributed by atoms with Gasteiger partial charge in [-0.05, 0) is 25.0 Å². The predicted octanol–water partition coefficient (Wildman–Crippen LogP) is 1.69. The molecule has 19 heavy (non-hydrogen) atoms. The Morgan fingerprint density at radius 1 is 1.42 bits per heavy atom. The molecule has 0 saturated heterocycles. The van der Waals surface area contributed by atoms with E-state index in [0.717, 1.165) is 4.90 Å². The lowest BCUT2D eigenvalue weighted by atomic mass is 10.3. The summed E-state index contributed by atoms with van der Waals surface area (Å²) in [6.07, 6.45) is -3.20. The summed E-state index contributed by atoms with van der Waals surface area (Å²) in [5.74, 6) is -0.277. The van der Waals surface area contributed by atoms with Crippen molar-refractivity contribution < 1.29 is 18.0 Å². The standard InChI is InChI=1S/C11H13F3N4O/c1-15-9-5-4-8(16-17-9)10(19)18(7-2-3-7)6-11(12,13)14/h4-5,7H,2-3,6H2,1H3,(H,15,17). The van der Waals surface area contributed by atoms with Gasteiger partial charge in [-0.2, -0.15) is 13.2 Å². The zero-order valence-electron chi connectivity index (χ0n) is 10.2. The van der Waals surface area contributed by atoms with Gasteiger partial charge in [0.2, 0.25) is 0 Å². The van der Waals surface area contributed by atoms with Crippen molar-refractivity contribution in [3.05, 3.63) is 17.8 Å². The summed E-state index contributed by atoms with van der Waals surface area (Å²) in [4.78, 5) is 12.8. The van der Waals surface area contributed by atoms with Crippen LogP contribution in [0.15, 0.2) is 12.1 Å². The van der Waals surface area contributed by atoms with Gasteiger partial charge in [0.25, 0.3) is 5.91 Å². The molecule has 1 saturated carbocycles. The molecule has 1 amide bonds. The molecular formula is C11H13F3N4O. The second kappa shape index (κ2) is 5.02. The van der Waals surface area contributed by atoms with Crippen molar-refractivity contribution in [1.29, 1.82) is 0 Å². The van der Waals surface area contributed by atoms with E-state index in [1.807, 2.05) is 0 Å². The molecule has 0 spiro atoms. The van der Waals surface area contributed by atoms with Crippen molar-refractivity contribution >= 4 is 11.7 Å². The minimum atomic E-state index is -4.41. The fourth-order valence-electron chi connectivity index (χ4n) is 1.67. The van der Waals surface area contributed by atoms with Gasteiger partial charge in [-0.25, -0.2) is 0 Å². The number of carbonyl (C=O) groups excluding carboxylic acids is 1. The van der Waals surface area contributed by atoms with E-state index in [2.05, 4.69) is 15.5 Å². The molecule has 0 unspecified atom stereocenters. The van der Waals surface area contributed by atoms with E-state index in [-0.39, 0.29) is 11.7 Å². The molecule has 1 heterocycles. The fourth-order valence-corrected chi connectivity index (χ4v) is 1.67. The zero-order chi connectivity index (χ0) is 14.0. The number of rotatable bonds is 4. The molecule has 0 bridgehead atoms. The molecule has 0 atom stereocenters. The molecule has 104 valence electrons. The number of hydrogen-bond acceptors (Lipinski definition) is 4. The van der Waals surface area contributed by atoms with Crippen LogP contribution in [0.4, 0.5) is 19.0 Å². The van der Waals surface area contributed by atoms with Gasteiger partial charge in [-0.3, -0.25) is 4.79 Å². The van der Waals surface area contributed by atoms with E-state index in [4.69, 9.17) is 0 Å². The predicted molar refractivity (Wildman–Crippen MR) is 61.7 cm³/mol. The van der Waals surface area contributed by atoms with Crippen LogP contribution >= 0.6 is 0 Å². The summed E-state index contributed by atoms with van der Waals surface area (Å²) >= 11 is 0. The lowest BCUT2D eigenvalue weighted by Gasteiger charge is -2.23. The first kappa shape index (κ1) is 13.6. The highest BCUT2D eigenvalue weighted by atomic mass is 19.4. The number of amides is 1. The lowest BCUT2D eigenvalue weighted by molar-refractivity contribution is -0.141. The maximum absolute atomic E-state index is 12.4. The van der Waals surface area contributed by atoms with E-state index >= 15 is 0 Å². The monoisotopic (exact) mass is 274 g/mol. The average molecular weight is 274 g/mol. The van der Waals surface area contributed by atoms with Crippen LogP contribution in [-0.4, -0.2) is 46.8 Å². The normalized spacial score (nSPS) is 15.2. The zero-order valence-corrected chi connectivity index (χ0v) is 10.2. The Morgan fingerprint density at radius 3 is 2.53 bits per heavy atom. The second-order valence-corrected chi connectivity index (χ2v) is 4.33. The number of carbonyl (C=O) groups is 1. The number of nitrogens with zero attached hydrogens (tertiary/aromatic N) is 3. The molecule has 5 nitrogen and oxygen atoms in total. The summed E-state index contributed by atoms with van der Waals surface area (Å²) in [6.45, 7) is -1.24. The minimum absolute atomic E-state index is 0.0739. The van der Waals surface area contributed by atoms with Gasteiger partial charge in [0.05, 0.1) is 0 Å². The Bertz CT molecular complexity index is 456. The smallest absolute Gasteiger partial charge is 0.372 e. The fraction of sp³-hybridized carbons (Fsp3) is 0.545. The Kier molecular flexibility index (Phi) is 3.59. The van der Waals surface area contributed by atoms with E-state index in [1.54, 1.807) is 7.05 Å². The average Bonchev–Trinajstić information content (AvgIpc) is 3.18. The van der Waals surface area contributed by atoms with Crippen LogP contribution in [0.5, 0.6) is 0 Å². The van der Waals surface area contributed by atoms with Crippen molar-refractivity contribution in [3.8, 4) is 0 Å². The highest BCUT2D eigenvalue weighted by molar-refractivity contribution is 5.92. The van der Waals surface area contributed by atoms with Gasteiger partial charge < -0.3 is 10.2 Å². The molecule has 1 N–H and O–H groups in total. The van der Waals surface area contributed by atoms with Crippen molar-refractivity contribution in [2.24, 2.45) is 0 Å². The van der Waals surface area contributed by atoms with Crippen LogP contribution in [0.1, 0.15) is 23.3 Å². The van der Waals surface area contributed by atoms with Gasteiger partial charge in [0.15, 0.2) is 5.69 Å². The Morgan fingerprint density at radius 2 is 2.11 bits per heavy atom. The first-order valence-electron chi connectivity index (χ1n) is 5.80. The Labute approximate surface area is 107 Å². The van der Waals surface area contributed by atoms with E-state index in [9.17, 15) is 18.0 Å². The SMILES string of the molecule is CNc1ccc(C(=O)N(CC(F)(F)F)C2CC2)nn1. The Balaban J connectivity index is 2.14. The quantitative estimate of drug-likeness (QED) is 0.907. The van der Waals surface area contributed by atoms with E-state index in [0.29, 0.717) is 18.7 Å². The summed E-state index contributed by atoms with van der Waals surface area (Å²) in [6, 6.07) is 2.53. The molecule has 1 aliphatic carbocycles. The summed E-state index contributed by atoms with van der Waals surface area (Å²) in [5.41, 5.74) is -0.0739. The summed E-state index contributed by atoms with van der Waals surface area (Å²) in [5, 5.41) is 10.0. The van der Waals surface area contributed by atoms with E-state index in [1.165, 1.54) is 12.1 Å². The first-order chi connectivity index (χ1) is 8.90. The molecule has 8 heteroatoms. The molecule has 1 fully saturated rings. The van der Waals surface area contributed by atoms with Crippen LogP contribution < -0.4 is 5.32 Å².